The Labute approximate surface area is 240 Å². The van der Waals surface area contributed by atoms with Crippen LogP contribution >= 0.6 is 0 Å². The highest BCUT2D eigenvalue weighted by Crippen LogP contribution is 2.17. The van der Waals surface area contributed by atoms with Crippen LogP contribution in [0.5, 0.6) is 0 Å². The molecule has 38 heavy (non-hydrogen) atoms. The minimum absolute atomic E-state index is 0.130. The minimum atomic E-state index is -1.80. The van der Waals surface area contributed by atoms with Crippen molar-refractivity contribution in [1.82, 2.24) is 5.32 Å². The summed E-state index contributed by atoms with van der Waals surface area (Å²) in [6.07, 6.45) is 26.9. The van der Waals surface area contributed by atoms with Gasteiger partial charge in [0.25, 0.3) is 0 Å². The largest absolute Gasteiger partial charge is 0.415 e. The Bertz CT molecular complexity index is 584. The van der Waals surface area contributed by atoms with E-state index in [0.29, 0.717) is 13.0 Å². The third kappa shape index (κ3) is 25.8. The van der Waals surface area contributed by atoms with Gasteiger partial charge in [0.1, 0.15) is 0 Å². The third-order valence-corrected chi connectivity index (χ3v) is 8.75. The zero-order valence-corrected chi connectivity index (χ0v) is 29.0. The molecule has 0 aliphatic heterocycles. The fraction of sp³-hybridized carbons (Fsp3) is 0.906. The standard InChI is InChI=1S/C32H67NO3Si2/c1-9-11-13-15-16-17-18-19-20-21-22-24-25-27-31(36-38(6,7)8)30(29-35-37(3,4)5)33-32(34)28-26-23-14-12-10-2/h25,27,30-31H,9-24,26,28-29H2,1-8H3,(H,33,34)/b27-25+/t30-,31+/m0/s1. The number of allylic oxidation sites excluding steroid dienone is 1. The molecule has 4 nitrogen and oxygen atoms in total. The summed E-state index contributed by atoms with van der Waals surface area (Å²) in [7, 11) is -3.51. The van der Waals surface area contributed by atoms with Crippen LogP contribution in [0.3, 0.4) is 0 Å². The van der Waals surface area contributed by atoms with Gasteiger partial charge in [-0.3, -0.25) is 4.79 Å². The maximum Gasteiger partial charge on any atom is 0.220 e. The molecule has 0 aromatic heterocycles. The van der Waals surface area contributed by atoms with Crippen LogP contribution in [0.25, 0.3) is 0 Å². The zero-order valence-electron chi connectivity index (χ0n) is 27.0. The molecule has 0 fully saturated rings. The van der Waals surface area contributed by atoms with Gasteiger partial charge in [0.2, 0.25) is 5.91 Å². The Morgan fingerprint density at radius 2 is 1.16 bits per heavy atom. The van der Waals surface area contributed by atoms with Crippen LogP contribution in [0.1, 0.15) is 129 Å². The summed E-state index contributed by atoms with van der Waals surface area (Å²) in [6.45, 7) is 18.3. The number of unbranched alkanes of at least 4 members (excludes halogenated alkanes) is 15. The fourth-order valence-electron chi connectivity index (χ4n) is 4.55. The molecule has 0 aliphatic rings. The van der Waals surface area contributed by atoms with Crippen LogP contribution in [0.2, 0.25) is 39.3 Å². The second-order valence-electron chi connectivity index (χ2n) is 13.2. The predicted molar refractivity (Wildman–Crippen MR) is 173 cm³/mol. The summed E-state index contributed by atoms with van der Waals surface area (Å²) in [6, 6.07) is -0.134. The average molecular weight is 570 g/mol. The van der Waals surface area contributed by atoms with E-state index in [2.05, 4.69) is 70.6 Å². The number of nitrogens with one attached hydrogen (secondary N) is 1. The lowest BCUT2D eigenvalue weighted by atomic mass is 10.0. The molecule has 0 radical (unpaired) electrons. The van der Waals surface area contributed by atoms with Gasteiger partial charge >= 0.3 is 0 Å². The topological polar surface area (TPSA) is 47.6 Å². The first-order valence-electron chi connectivity index (χ1n) is 16.3. The summed E-state index contributed by atoms with van der Waals surface area (Å²) in [5, 5.41) is 3.30. The molecule has 0 saturated carbocycles. The first-order valence-corrected chi connectivity index (χ1v) is 23.1. The number of amides is 1. The lowest BCUT2D eigenvalue weighted by Crippen LogP contribution is -2.51. The van der Waals surface area contributed by atoms with Gasteiger partial charge in [-0.2, -0.15) is 0 Å². The highest BCUT2D eigenvalue weighted by Gasteiger charge is 2.29. The maximum absolute atomic E-state index is 12.8. The first kappa shape index (κ1) is 37.6. The monoisotopic (exact) mass is 569 g/mol. The summed E-state index contributed by atoms with van der Waals surface area (Å²) in [4.78, 5) is 12.8. The molecule has 0 bridgehead atoms. The Hall–Kier alpha value is -0.436. The van der Waals surface area contributed by atoms with E-state index in [1.165, 1.54) is 89.9 Å². The maximum atomic E-state index is 12.8. The number of hydrogen-bond donors (Lipinski definition) is 1. The van der Waals surface area contributed by atoms with Crippen molar-refractivity contribution < 1.29 is 13.6 Å². The Kier molecular flexibility index (Phi) is 23.0. The Morgan fingerprint density at radius 1 is 0.684 bits per heavy atom. The van der Waals surface area contributed by atoms with Crippen molar-refractivity contribution in [2.75, 3.05) is 6.61 Å². The van der Waals surface area contributed by atoms with Crippen molar-refractivity contribution in [3.05, 3.63) is 12.2 Å². The van der Waals surface area contributed by atoms with E-state index in [4.69, 9.17) is 8.85 Å². The van der Waals surface area contributed by atoms with Crippen molar-refractivity contribution in [2.45, 2.75) is 181 Å². The average Bonchev–Trinajstić information content (AvgIpc) is 2.82. The normalized spacial score (nSPS) is 14.2. The van der Waals surface area contributed by atoms with Gasteiger partial charge in [-0.25, -0.2) is 0 Å². The molecule has 1 N–H and O–H groups in total. The van der Waals surface area contributed by atoms with Crippen LogP contribution in [0, 0.1) is 0 Å². The summed E-state index contributed by atoms with van der Waals surface area (Å²) < 4.78 is 12.9. The Morgan fingerprint density at radius 3 is 1.63 bits per heavy atom. The molecule has 6 heteroatoms. The molecule has 2 atom stereocenters. The molecule has 0 rings (SSSR count). The predicted octanol–water partition coefficient (Wildman–Crippen LogP) is 10.2. The van der Waals surface area contributed by atoms with Crippen LogP contribution < -0.4 is 5.32 Å². The van der Waals surface area contributed by atoms with Crippen LogP contribution in [-0.2, 0) is 13.6 Å². The van der Waals surface area contributed by atoms with Crippen LogP contribution in [0.4, 0.5) is 0 Å². The molecule has 0 heterocycles. The SMILES string of the molecule is CCCCCCCCCCCCC/C=C/[C@@H](O[Si](C)(C)C)[C@H](CO[Si](C)(C)C)NC(=O)CCCCCCC. The van der Waals surface area contributed by atoms with Crippen LogP contribution in [-0.4, -0.2) is 41.3 Å². The van der Waals surface area contributed by atoms with Gasteiger partial charge in [-0.15, -0.1) is 0 Å². The number of carbonyl (C=O) groups is 1. The lowest BCUT2D eigenvalue weighted by Gasteiger charge is -2.33. The van der Waals surface area contributed by atoms with Crippen molar-refractivity contribution in [1.29, 1.82) is 0 Å². The molecule has 0 aromatic carbocycles. The summed E-state index contributed by atoms with van der Waals surface area (Å²) in [5.41, 5.74) is 0. The van der Waals surface area contributed by atoms with Gasteiger partial charge in [-0.05, 0) is 58.5 Å². The molecule has 0 spiro atoms. The molecule has 0 aromatic rings. The fourth-order valence-corrected chi connectivity index (χ4v) is 6.29. The van der Waals surface area contributed by atoms with Crippen molar-refractivity contribution >= 4 is 22.5 Å². The van der Waals surface area contributed by atoms with Gasteiger partial charge in [0.15, 0.2) is 16.6 Å². The van der Waals surface area contributed by atoms with Gasteiger partial charge in [0, 0.05) is 6.42 Å². The molecular weight excluding hydrogens is 503 g/mol. The van der Waals surface area contributed by atoms with Gasteiger partial charge in [0.05, 0.1) is 18.8 Å². The van der Waals surface area contributed by atoms with E-state index >= 15 is 0 Å². The minimum Gasteiger partial charge on any atom is -0.415 e. The molecule has 0 unspecified atom stereocenters. The van der Waals surface area contributed by atoms with Crippen LogP contribution in [0.15, 0.2) is 12.2 Å². The summed E-state index contributed by atoms with van der Waals surface area (Å²) >= 11 is 0. The van der Waals surface area contributed by atoms with E-state index in [-0.39, 0.29) is 18.1 Å². The zero-order chi connectivity index (χ0) is 28.7. The number of rotatable bonds is 26. The molecule has 226 valence electrons. The Balaban J connectivity index is 4.74. The summed E-state index contributed by atoms with van der Waals surface area (Å²) in [5.74, 6) is 0.133. The highest BCUT2D eigenvalue weighted by atomic mass is 28.4. The first-order chi connectivity index (χ1) is 18.0. The second kappa shape index (κ2) is 23.3. The van der Waals surface area contributed by atoms with Crippen molar-refractivity contribution in [2.24, 2.45) is 0 Å². The van der Waals surface area contributed by atoms with E-state index in [1.807, 2.05) is 0 Å². The van der Waals surface area contributed by atoms with Gasteiger partial charge < -0.3 is 14.2 Å². The second-order valence-corrected chi connectivity index (χ2v) is 22.2. The number of hydrogen-bond acceptors (Lipinski definition) is 3. The third-order valence-electron chi connectivity index (χ3n) is 6.74. The molecule has 0 saturated heterocycles. The van der Waals surface area contributed by atoms with E-state index < -0.39 is 16.6 Å². The smallest absolute Gasteiger partial charge is 0.220 e. The van der Waals surface area contributed by atoms with E-state index in [9.17, 15) is 4.79 Å². The highest BCUT2D eigenvalue weighted by molar-refractivity contribution is 6.70. The lowest BCUT2D eigenvalue weighted by molar-refractivity contribution is -0.122. The quantitative estimate of drug-likeness (QED) is 0.0640. The molecule has 1 amide bonds. The van der Waals surface area contributed by atoms with Crippen molar-refractivity contribution in [3.63, 3.8) is 0 Å². The van der Waals surface area contributed by atoms with E-state index in [0.717, 1.165) is 19.3 Å². The van der Waals surface area contributed by atoms with Gasteiger partial charge in [-0.1, -0.05) is 116 Å². The van der Waals surface area contributed by atoms with Crippen molar-refractivity contribution in [3.8, 4) is 0 Å². The molecular formula is C32H67NO3Si2. The number of carbonyl (C=O) groups excluding carboxylic acids is 1. The van der Waals surface area contributed by atoms with E-state index in [1.54, 1.807) is 0 Å². The molecule has 0 aliphatic carbocycles.